The van der Waals surface area contributed by atoms with Crippen molar-refractivity contribution in [2.45, 2.75) is 31.9 Å². The summed E-state index contributed by atoms with van der Waals surface area (Å²) in [6.45, 7) is 3.15. The Balaban J connectivity index is 1.54. The Morgan fingerprint density at radius 2 is 1.97 bits per heavy atom. The summed E-state index contributed by atoms with van der Waals surface area (Å²) in [5.41, 5.74) is 3.56. The number of rotatable bonds is 5. The smallest absolute Gasteiger partial charge is 0.416 e. The topological polar surface area (TPSA) is 44.8 Å². The van der Waals surface area contributed by atoms with Gasteiger partial charge in [0, 0.05) is 42.6 Å². The Morgan fingerprint density at radius 1 is 1.15 bits per heavy atom. The Hall–Kier alpha value is -3.00. The first-order valence-electron chi connectivity index (χ1n) is 11.6. The molecule has 0 atom stereocenters. The van der Waals surface area contributed by atoms with E-state index in [0.29, 0.717) is 36.3 Å². The van der Waals surface area contributed by atoms with Crippen LogP contribution in [0.1, 0.15) is 36.0 Å². The second-order valence-corrected chi connectivity index (χ2v) is 9.06. The van der Waals surface area contributed by atoms with Crippen LogP contribution in [0.2, 0.25) is 0 Å². The second-order valence-electron chi connectivity index (χ2n) is 9.06. The summed E-state index contributed by atoms with van der Waals surface area (Å²) in [6, 6.07) is 9.42. The first-order chi connectivity index (χ1) is 16.2. The van der Waals surface area contributed by atoms with E-state index in [0.717, 1.165) is 50.3 Å². The van der Waals surface area contributed by atoms with Gasteiger partial charge in [-0.3, -0.25) is 4.79 Å². The van der Waals surface area contributed by atoms with Crippen LogP contribution in [0.5, 0.6) is 5.75 Å². The molecule has 0 bridgehead atoms. The van der Waals surface area contributed by atoms with E-state index in [1.807, 2.05) is 12.1 Å². The largest absolute Gasteiger partial charge is 0.493 e. The molecule has 0 saturated carbocycles. The third-order valence-corrected chi connectivity index (χ3v) is 6.19. The van der Waals surface area contributed by atoms with Gasteiger partial charge in [0.25, 0.3) is 0 Å². The number of likely N-dealkylation sites (N-methyl/N-ethyl adjacent to an activating group) is 1. The Morgan fingerprint density at radius 3 is 2.74 bits per heavy atom. The first kappa shape index (κ1) is 24.1. The highest BCUT2D eigenvalue weighted by atomic mass is 19.4. The van der Waals surface area contributed by atoms with Gasteiger partial charge in [-0.1, -0.05) is 12.1 Å². The minimum Gasteiger partial charge on any atom is -0.493 e. The van der Waals surface area contributed by atoms with E-state index < -0.39 is 11.7 Å². The van der Waals surface area contributed by atoms with Gasteiger partial charge in [0.05, 0.1) is 12.2 Å². The van der Waals surface area contributed by atoms with Crippen molar-refractivity contribution in [2.24, 2.45) is 0 Å². The molecule has 0 fully saturated rings. The number of halogens is 3. The lowest BCUT2D eigenvalue weighted by molar-refractivity contribution is -0.137. The summed E-state index contributed by atoms with van der Waals surface area (Å²) in [7, 11) is 4.10. The van der Waals surface area contributed by atoms with Crippen LogP contribution in [0.15, 0.2) is 42.5 Å². The first-order valence-corrected chi connectivity index (χ1v) is 11.6. The van der Waals surface area contributed by atoms with Crippen LogP contribution >= 0.6 is 0 Å². The number of benzene rings is 2. The second kappa shape index (κ2) is 10.1. The molecular formula is C26H30F3N3O2. The summed E-state index contributed by atoms with van der Waals surface area (Å²) in [6.07, 6.45) is 0.324. The van der Waals surface area contributed by atoms with Crippen molar-refractivity contribution in [3.8, 4) is 5.75 Å². The quantitative estimate of drug-likeness (QED) is 0.606. The molecule has 0 unspecified atom stereocenters. The Labute approximate surface area is 198 Å². The molecule has 1 N–H and O–H groups in total. The Kier molecular flexibility index (Phi) is 7.16. The van der Waals surface area contributed by atoms with E-state index in [1.165, 1.54) is 17.7 Å². The molecule has 2 aromatic carbocycles. The number of fused-ring (bicyclic) bond motifs is 2. The number of alkyl halides is 3. The maximum Gasteiger partial charge on any atom is 0.416 e. The van der Waals surface area contributed by atoms with E-state index in [-0.39, 0.29) is 11.7 Å². The highest BCUT2D eigenvalue weighted by Crippen LogP contribution is 2.38. The summed E-state index contributed by atoms with van der Waals surface area (Å²) in [5.74, 6) is -0.143. The van der Waals surface area contributed by atoms with Crippen molar-refractivity contribution in [3.63, 3.8) is 0 Å². The van der Waals surface area contributed by atoms with Crippen molar-refractivity contribution in [1.82, 2.24) is 4.90 Å². The molecule has 2 aliphatic heterocycles. The molecule has 0 radical (unpaired) electrons. The maximum absolute atomic E-state index is 13.1. The van der Waals surface area contributed by atoms with E-state index >= 15 is 0 Å². The fraction of sp³-hybridized carbons (Fsp3) is 0.423. The van der Waals surface area contributed by atoms with Gasteiger partial charge >= 0.3 is 6.18 Å². The predicted octanol–water partition coefficient (Wildman–Crippen LogP) is 5.21. The molecule has 0 aliphatic carbocycles. The highest BCUT2D eigenvalue weighted by molar-refractivity contribution is 6.04. The summed E-state index contributed by atoms with van der Waals surface area (Å²) >= 11 is 0. The van der Waals surface area contributed by atoms with E-state index in [1.54, 1.807) is 0 Å². The van der Waals surface area contributed by atoms with Gasteiger partial charge in [0.15, 0.2) is 0 Å². The number of nitrogens with one attached hydrogen (secondary N) is 1. The third-order valence-electron chi connectivity index (χ3n) is 6.19. The zero-order valence-corrected chi connectivity index (χ0v) is 19.5. The lowest BCUT2D eigenvalue weighted by atomic mass is 9.98. The molecule has 8 heteroatoms. The summed E-state index contributed by atoms with van der Waals surface area (Å²) < 4.78 is 44.9. The van der Waals surface area contributed by atoms with E-state index in [4.69, 9.17) is 4.74 Å². The molecule has 0 saturated heterocycles. The molecule has 0 spiro atoms. The zero-order chi connectivity index (χ0) is 24.3. The molecule has 2 aromatic rings. The number of nitrogens with zero attached hydrogens (tertiary/aromatic N) is 2. The number of hydrogen-bond donors (Lipinski definition) is 1. The van der Waals surface area contributed by atoms with Gasteiger partial charge in [-0.25, -0.2) is 0 Å². The number of ether oxygens (including phenoxy) is 1. The fourth-order valence-electron chi connectivity index (χ4n) is 4.43. The van der Waals surface area contributed by atoms with Gasteiger partial charge in [0.2, 0.25) is 5.91 Å². The highest BCUT2D eigenvalue weighted by Gasteiger charge is 2.32. The monoisotopic (exact) mass is 473 g/mol. The van der Waals surface area contributed by atoms with Crippen LogP contribution in [-0.4, -0.2) is 51.1 Å². The molecule has 5 nitrogen and oxygen atoms in total. The number of hydrogen-bond acceptors (Lipinski definition) is 4. The molecule has 2 heterocycles. The van der Waals surface area contributed by atoms with Crippen LogP contribution in [0.4, 0.5) is 24.5 Å². The number of carbonyl (C=O) groups is 1. The minimum absolute atomic E-state index is 0.164. The van der Waals surface area contributed by atoms with Crippen molar-refractivity contribution in [3.05, 3.63) is 59.2 Å². The van der Waals surface area contributed by atoms with Crippen molar-refractivity contribution < 1.29 is 22.7 Å². The Bertz CT molecular complexity index is 1080. The molecule has 4 rings (SSSR count). The number of anilines is 2. The van der Waals surface area contributed by atoms with Crippen LogP contribution in [0.25, 0.3) is 5.57 Å². The van der Waals surface area contributed by atoms with Crippen molar-refractivity contribution >= 4 is 22.9 Å². The molecule has 1 amide bonds. The standard InChI is InChI=1S/C26H30F3N3O2/c1-31(2)12-13-32-11-3-5-18-7-9-21(17-23(18)32)30-25(33)15-19-6-4-14-34-24-16-20(26(27,28)29)8-10-22(19)24/h7-10,15-17H,3-6,11-14H2,1-2H3,(H,30,33). The normalized spacial score (nSPS) is 17.1. The van der Waals surface area contributed by atoms with E-state index in [9.17, 15) is 18.0 Å². The van der Waals surface area contributed by atoms with Crippen LogP contribution < -0.4 is 15.0 Å². The molecule has 0 aromatic heterocycles. The SMILES string of the molecule is CN(C)CCN1CCCc2ccc(NC(=O)C=C3CCCOc4cc(C(F)(F)F)ccc43)cc21. The van der Waals surface area contributed by atoms with Gasteiger partial charge in [-0.2, -0.15) is 13.2 Å². The van der Waals surface area contributed by atoms with Crippen LogP contribution in [0, 0.1) is 0 Å². The van der Waals surface area contributed by atoms with Crippen LogP contribution in [-0.2, 0) is 17.4 Å². The van der Waals surface area contributed by atoms with E-state index in [2.05, 4.69) is 35.3 Å². The fourth-order valence-corrected chi connectivity index (χ4v) is 4.43. The van der Waals surface area contributed by atoms with Gasteiger partial charge in [-0.05, 0) is 75.2 Å². The van der Waals surface area contributed by atoms with Gasteiger partial charge in [0.1, 0.15) is 5.75 Å². The van der Waals surface area contributed by atoms with Crippen molar-refractivity contribution in [1.29, 1.82) is 0 Å². The average Bonchev–Trinajstić information content (AvgIpc) is 2.98. The van der Waals surface area contributed by atoms with Gasteiger partial charge in [-0.15, -0.1) is 0 Å². The number of allylic oxidation sites excluding steroid dienone is 1. The maximum atomic E-state index is 13.1. The number of amides is 1. The number of aryl methyl sites for hydroxylation is 1. The number of carbonyl (C=O) groups excluding carboxylic acids is 1. The third kappa shape index (κ3) is 5.73. The zero-order valence-electron chi connectivity index (χ0n) is 19.5. The predicted molar refractivity (Wildman–Crippen MR) is 128 cm³/mol. The lowest BCUT2D eigenvalue weighted by Gasteiger charge is -2.32. The summed E-state index contributed by atoms with van der Waals surface area (Å²) in [5, 5.41) is 2.94. The molecule has 182 valence electrons. The molecule has 34 heavy (non-hydrogen) atoms. The van der Waals surface area contributed by atoms with Crippen molar-refractivity contribution in [2.75, 3.05) is 50.6 Å². The average molecular weight is 474 g/mol. The lowest BCUT2D eigenvalue weighted by Crippen LogP contribution is -2.35. The molecule has 2 aliphatic rings. The van der Waals surface area contributed by atoms with Gasteiger partial charge < -0.3 is 19.9 Å². The minimum atomic E-state index is -4.45. The van der Waals surface area contributed by atoms with Crippen LogP contribution in [0.3, 0.4) is 0 Å². The molecular weight excluding hydrogens is 443 g/mol. The summed E-state index contributed by atoms with van der Waals surface area (Å²) in [4.78, 5) is 17.4.